The van der Waals surface area contributed by atoms with Crippen molar-refractivity contribution in [1.29, 1.82) is 0 Å². The van der Waals surface area contributed by atoms with Crippen molar-refractivity contribution in [3.8, 4) is 5.75 Å². The summed E-state index contributed by atoms with van der Waals surface area (Å²) in [5.74, 6) is 0.281. The molecule has 0 aliphatic carbocycles. The van der Waals surface area contributed by atoms with Crippen molar-refractivity contribution in [2.24, 2.45) is 0 Å². The van der Waals surface area contributed by atoms with E-state index < -0.39 is 0 Å². The van der Waals surface area contributed by atoms with Crippen molar-refractivity contribution < 1.29 is 9.53 Å². The van der Waals surface area contributed by atoms with E-state index in [1.54, 1.807) is 37.6 Å². The van der Waals surface area contributed by atoms with Gasteiger partial charge < -0.3 is 15.0 Å². The van der Waals surface area contributed by atoms with Gasteiger partial charge in [-0.15, -0.1) is 0 Å². The number of hydrogen-bond donors (Lipinski definition) is 1. The van der Waals surface area contributed by atoms with Gasteiger partial charge in [0.1, 0.15) is 11.4 Å². The van der Waals surface area contributed by atoms with E-state index >= 15 is 0 Å². The molecule has 122 valence electrons. The Morgan fingerprint density at radius 3 is 2.52 bits per heavy atom. The topological polar surface area (TPSA) is 54.5 Å². The molecule has 0 unspecified atom stereocenters. The van der Waals surface area contributed by atoms with Gasteiger partial charge in [0.15, 0.2) is 0 Å². The number of amides is 1. The molecule has 1 heterocycles. The van der Waals surface area contributed by atoms with Crippen molar-refractivity contribution in [1.82, 2.24) is 4.98 Å². The predicted molar refractivity (Wildman–Crippen MR) is 93.8 cm³/mol. The lowest BCUT2D eigenvalue weighted by atomic mass is 10.2. The predicted octanol–water partition coefficient (Wildman–Crippen LogP) is 3.84. The van der Waals surface area contributed by atoms with E-state index in [0.29, 0.717) is 22.2 Å². The van der Waals surface area contributed by atoms with E-state index in [-0.39, 0.29) is 5.91 Å². The van der Waals surface area contributed by atoms with Crippen LogP contribution in [-0.4, -0.2) is 31.1 Å². The zero-order valence-corrected chi connectivity index (χ0v) is 14.2. The molecule has 0 atom stereocenters. The largest absolute Gasteiger partial charge is 0.495 e. The molecule has 0 saturated heterocycles. The quantitative estimate of drug-likeness (QED) is 0.872. The molecule has 0 spiro atoms. The number of benzene rings is 1. The average Bonchev–Trinajstić information content (AvgIpc) is 2.57. The van der Waals surface area contributed by atoms with Gasteiger partial charge >= 0.3 is 0 Å². The molecule has 1 N–H and O–H groups in total. The second kappa shape index (κ2) is 7.83. The van der Waals surface area contributed by atoms with Crippen molar-refractivity contribution in [2.75, 3.05) is 30.4 Å². The highest BCUT2D eigenvalue weighted by Gasteiger charge is 2.10. The number of nitrogens with zero attached hydrogens (tertiary/aromatic N) is 2. The number of anilines is 2. The van der Waals surface area contributed by atoms with Crippen molar-refractivity contribution >= 4 is 28.9 Å². The fraction of sp³-hybridized carbons (Fsp3) is 0.294. The molecule has 0 bridgehead atoms. The summed E-state index contributed by atoms with van der Waals surface area (Å²) >= 11 is 6.05. The Kier molecular flexibility index (Phi) is 5.82. The Hall–Kier alpha value is -2.27. The molecule has 0 fully saturated rings. The molecule has 0 saturated carbocycles. The second-order valence-electron chi connectivity index (χ2n) is 4.88. The van der Waals surface area contributed by atoms with Gasteiger partial charge in [0, 0.05) is 18.8 Å². The SMILES string of the molecule is CCN(CC)c1ccc(C(=O)Nc2ccc(OC)c(Cl)c2)nc1. The van der Waals surface area contributed by atoms with Crippen LogP contribution in [0.15, 0.2) is 36.5 Å². The fourth-order valence-corrected chi connectivity index (χ4v) is 2.49. The zero-order valence-electron chi connectivity index (χ0n) is 13.5. The van der Waals surface area contributed by atoms with Crippen molar-refractivity contribution in [2.45, 2.75) is 13.8 Å². The van der Waals surface area contributed by atoms with Crippen molar-refractivity contribution in [3.05, 3.63) is 47.2 Å². The van der Waals surface area contributed by atoms with Crippen LogP contribution in [0.4, 0.5) is 11.4 Å². The standard InChI is InChI=1S/C17H20ClN3O2/c1-4-21(5-2)13-7-8-15(19-11-13)17(22)20-12-6-9-16(23-3)14(18)10-12/h6-11H,4-5H2,1-3H3,(H,20,22). The minimum atomic E-state index is -0.280. The maximum absolute atomic E-state index is 12.2. The van der Waals surface area contributed by atoms with Gasteiger partial charge in [0.2, 0.25) is 0 Å². The highest BCUT2D eigenvalue weighted by Crippen LogP contribution is 2.27. The highest BCUT2D eigenvalue weighted by atomic mass is 35.5. The smallest absolute Gasteiger partial charge is 0.274 e. The number of pyridine rings is 1. The lowest BCUT2D eigenvalue weighted by molar-refractivity contribution is 0.102. The number of hydrogen-bond acceptors (Lipinski definition) is 4. The van der Waals surface area contributed by atoms with Gasteiger partial charge in [0.05, 0.1) is 24.0 Å². The molecule has 0 radical (unpaired) electrons. The van der Waals surface area contributed by atoms with E-state index in [0.717, 1.165) is 18.8 Å². The third-order valence-corrected chi connectivity index (χ3v) is 3.81. The Morgan fingerprint density at radius 2 is 2.00 bits per heavy atom. The average molecular weight is 334 g/mol. The molecular formula is C17H20ClN3O2. The van der Waals surface area contributed by atoms with Crippen LogP contribution in [0.1, 0.15) is 24.3 Å². The number of carbonyl (C=O) groups is 1. The Labute approximate surface area is 141 Å². The zero-order chi connectivity index (χ0) is 16.8. The third kappa shape index (κ3) is 4.13. The number of halogens is 1. The molecule has 1 aromatic carbocycles. The van der Waals surface area contributed by atoms with Crippen LogP contribution in [0.2, 0.25) is 5.02 Å². The van der Waals surface area contributed by atoms with Crippen molar-refractivity contribution in [3.63, 3.8) is 0 Å². The Bertz CT molecular complexity index is 670. The molecule has 6 heteroatoms. The number of aromatic nitrogens is 1. The normalized spacial score (nSPS) is 10.3. The monoisotopic (exact) mass is 333 g/mol. The lowest BCUT2D eigenvalue weighted by Crippen LogP contribution is -2.22. The molecular weight excluding hydrogens is 314 g/mol. The van der Waals surface area contributed by atoms with Crippen LogP contribution >= 0.6 is 11.6 Å². The number of carbonyl (C=O) groups excluding carboxylic acids is 1. The molecule has 0 aliphatic rings. The highest BCUT2D eigenvalue weighted by molar-refractivity contribution is 6.32. The molecule has 23 heavy (non-hydrogen) atoms. The first-order valence-electron chi connectivity index (χ1n) is 7.44. The fourth-order valence-electron chi connectivity index (χ4n) is 2.24. The molecule has 2 aromatic rings. The van der Waals surface area contributed by atoms with Crippen LogP contribution in [0, 0.1) is 0 Å². The molecule has 5 nitrogen and oxygen atoms in total. The first-order valence-corrected chi connectivity index (χ1v) is 7.82. The van der Waals surface area contributed by atoms with E-state index in [1.165, 1.54) is 0 Å². The second-order valence-corrected chi connectivity index (χ2v) is 5.28. The summed E-state index contributed by atoms with van der Waals surface area (Å²) in [6.07, 6.45) is 1.71. The van der Waals surface area contributed by atoms with Crippen LogP contribution in [0.5, 0.6) is 5.75 Å². The lowest BCUT2D eigenvalue weighted by Gasteiger charge is -2.20. The summed E-state index contributed by atoms with van der Waals surface area (Å²) in [5, 5.41) is 3.21. The van der Waals surface area contributed by atoms with Crippen LogP contribution in [0.3, 0.4) is 0 Å². The van der Waals surface area contributed by atoms with Gasteiger partial charge in [-0.25, -0.2) is 4.98 Å². The first kappa shape index (κ1) is 17.1. The number of methoxy groups -OCH3 is 1. The van der Waals surface area contributed by atoms with Crippen LogP contribution in [0.25, 0.3) is 0 Å². The number of ether oxygens (including phenoxy) is 1. The van der Waals surface area contributed by atoms with Gasteiger partial charge in [-0.1, -0.05) is 11.6 Å². The van der Waals surface area contributed by atoms with E-state index in [4.69, 9.17) is 16.3 Å². The van der Waals surface area contributed by atoms with E-state index in [2.05, 4.69) is 29.0 Å². The summed E-state index contributed by atoms with van der Waals surface area (Å²) in [4.78, 5) is 18.6. The Balaban J connectivity index is 2.10. The summed E-state index contributed by atoms with van der Waals surface area (Å²) < 4.78 is 5.08. The van der Waals surface area contributed by atoms with Crippen LogP contribution in [-0.2, 0) is 0 Å². The maximum atomic E-state index is 12.2. The molecule has 1 amide bonds. The Morgan fingerprint density at radius 1 is 1.26 bits per heavy atom. The summed E-state index contributed by atoms with van der Waals surface area (Å²) in [6, 6.07) is 8.69. The minimum Gasteiger partial charge on any atom is -0.495 e. The van der Waals surface area contributed by atoms with Gasteiger partial charge in [-0.3, -0.25) is 4.79 Å². The van der Waals surface area contributed by atoms with Crippen LogP contribution < -0.4 is 15.0 Å². The number of rotatable bonds is 6. The van der Waals surface area contributed by atoms with E-state index in [1.807, 2.05) is 6.07 Å². The van der Waals surface area contributed by atoms with E-state index in [9.17, 15) is 4.79 Å². The maximum Gasteiger partial charge on any atom is 0.274 e. The first-order chi connectivity index (χ1) is 11.1. The minimum absolute atomic E-state index is 0.280. The molecule has 1 aromatic heterocycles. The summed E-state index contributed by atoms with van der Waals surface area (Å²) in [6.45, 7) is 5.96. The van der Waals surface area contributed by atoms with Gasteiger partial charge in [0.25, 0.3) is 5.91 Å². The molecule has 0 aliphatic heterocycles. The molecule has 2 rings (SSSR count). The number of nitrogens with one attached hydrogen (secondary N) is 1. The van der Waals surface area contributed by atoms with Gasteiger partial charge in [-0.05, 0) is 44.2 Å². The third-order valence-electron chi connectivity index (χ3n) is 3.52. The van der Waals surface area contributed by atoms with Gasteiger partial charge in [-0.2, -0.15) is 0 Å². The summed E-state index contributed by atoms with van der Waals surface area (Å²) in [5.41, 5.74) is 1.95. The summed E-state index contributed by atoms with van der Waals surface area (Å²) in [7, 11) is 1.54.